The molecule has 2 aromatic rings. The minimum Gasteiger partial charge on any atom is -0.454 e. The van der Waals surface area contributed by atoms with Gasteiger partial charge in [-0.15, -0.1) is 0 Å². The van der Waals surface area contributed by atoms with Gasteiger partial charge in [-0.2, -0.15) is 10.1 Å². The van der Waals surface area contributed by atoms with Crippen LogP contribution in [0.1, 0.15) is 0 Å². The SMILES string of the molecule is S=c1nc(Nc2ccc3c(c2)OCO3)cn[nH]1. The maximum absolute atomic E-state index is 5.28. The van der Waals surface area contributed by atoms with E-state index < -0.39 is 0 Å². The van der Waals surface area contributed by atoms with Gasteiger partial charge in [-0.25, -0.2) is 0 Å². The number of hydrogen-bond donors (Lipinski definition) is 2. The highest BCUT2D eigenvalue weighted by Gasteiger charge is 2.13. The van der Waals surface area contributed by atoms with Crippen molar-refractivity contribution in [3.63, 3.8) is 0 Å². The van der Waals surface area contributed by atoms with E-state index in [1.165, 1.54) is 0 Å². The van der Waals surface area contributed by atoms with Crippen molar-refractivity contribution < 1.29 is 9.47 Å². The quantitative estimate of drug-likeness (QED) is 0.792. The van der Waals surface area contributed by atoms with Crippen LogP contribution in [0.2, 0.25) is 0 Å². The zero-order valence-electron chi connectivity index (χ0n) is 8.64. The maximum Gasteiger partial charge on any atom is 0.231 e. The van der Waals surface area contributed by atoms with E-state index in [0.717, 1.165) is 11.4 Å². The molecule has 7 heteroatoms. The van der Waals surface area contributed by atoms with Crippen LogP contribution in [0.4, 0.5) is 11.5 Å². The Kier molecular flexibility index (Phi) is 2.37. The number of anilines is 2. The van der Waals surface area contributed by atoms with Gasteiger partial charge in [0.2, 0.25) is 11.6 Å². The van der Waals surface area contributed by atoms with Gasteiger partial charge in [-0.1, -0.05) is 0 Å². The van der Waals surface area contributed by atoms with E-state index in [1.807, 2.05) is 18.2 Å². The van der Waals surface area contributed by atoms with Crippen LogP contribution < -0.4 is 14.8 Å². The second kappa shape index (κ2) is 4.02. The highest BCUT2D eigenvalue weighted by Crippen LogP contribution is 2.34. The predicted octanol–water partition coefficient (Wildman–Crippen LogP) is 2.01. The normalized spacial score (nSPS) is 12.5. The van der Waals surface area contributed by atoms with E-state index in [2.05, 4.69) is 20.5 Å². The van der Waals surface area contributed by atoms with Crippen molar-refractivity contribution in [3.05, 3.63) is 29.2 Å². The average Bonchev–Trinajstić information content (AvgIpc) is 2.76. The van der Waals surface area contributed by atoms with Gasteiger partial charge in [0.1, 0.15) is 0 Å². The van der Waals surface area contributed by atoms with Crippen molar-refractivity contribution in [3.8, 4) is 11.5 Å². The third kappa shape index (κ3) is 2.04. The molecule has 0 amide bonds. The molecular formula is C10H8N4O2S. The monoisotopic (exact) mass is 248 g/mol. The summed E-state index contributed by atoms with van der Waals surface area (Å²) in [5.74, 6) is 2.03. The third-order valence-electron chi connectivity index (χ3n) is 2.21. The Bertz CT molecular complexity index is 613. The number of nitrogens with one attached hydrogen (secondary N) is 2. The van der Waals surface area contributed by atoms with Gasteiger partial charge in [0.05, 0.1) is 6.20 Å². The first kappa shape index (κ1) is 10.0. The van der Waals surface area contributed by atoms with Crippen molar-refractivity contribution >= 4 is 23.7 Å². The van der Waals surface area contributed by atoms with Gasteiger partial charge in [0.25, 0.3) is 0 Å². The van der Waals surface area contributed by atoms with Crippen molar-refractivity contribution in [2.75, 3.05) is 12.1 Å². The predicted molar refractivity (Wildman–Crippen MR) is 63.1 cm³/mol. The van der Waals surface area contributed by atoms with Crippen LogP contribution in [-0.4, -0.2) is 22.0 Å². The smallest absolute Gasteiger partial charge is 0.231 e. The van der Waals surface area contributed by atoms with Crippen molar-refractivity contribution in [2.24, 2.45) is 0 Å². The maximum atomic E-state index is 5.28. The zero-order valence-corrected chi connectivity index (χ0v) is 9.45. The Morgan fingerprint density at radius 3 is 3.06 bits per heavy atom. The van der Waals surface area contributed by atoms with Crippen LogP contribution in [0.25, 0.3) is 0 Å². The van der Waals surface area contributed by atoms with Gasteiger partial charge in [0, 0.05) is 11.8 Å². The minimum atomic E-state index is 0.259. The molecule has 0 aliphatic carbocycles. The van der Waals surface area contributed by atoms with Crippen LogP contribution in [-0.2, 0) is 0 Å². The molecule has 6 nitrogen and oxygen atoms in total. The molecule has 0 saturated heterocycles. The van der Waals surface area contributed by atoms with Crippen LogP contribution in [0.5, 0.6) is 11.5 Å². The van der Waals surface area contributed by atoms with Gasteiger partial charge >= 0.3 is 0 Å². The molecule has 2 N–H and O–H groups in total. The molecule has 0 spiro atoms. The molecule has 17 heavy (non-hydrogen) atoms. The molecule has 0 unspecified atom stereocenters. The fourth-order valence-corrected chi connectivity index (χ4v) is 1.65. The number of aromatic nitrogens is 3. The number of nitrogens with zero attached hydrogens (tertiary/aromatic N) is 2. The van der Waals surface area contributed by atoms with E-state index in [4.69, 9.17) is 21.7 Å². The zero-order chi connectivity index (χ0) is 11.7. The van der Waals surface area contributed by atoms with E-state index in [0.29, 0.717) is 16.3 Å². The molecule has 3 rings (SSSR count). The summed E-state index contributed by atoms with van der Waals surface area (Å²) in [7, 11) is 0. The van der Waals surface area contributed by atoms with E-state index in [1.54, 1.807) is 6.20 Å². The van der Waals surface area contributed by atoms with Crippen molar-refractivity contribution in [2.45, 2.75) is 0 Å². The molecule has 0 radical (unpaired) electrons. The lowest BCUT2D eigenvalue weighted by molar-refractivity contribution is 0.174. The van der Waals surface area contributed by atoms with Gasteiger partial charge in [-0.05, 0) is 24.4 Å². The lowest BCUT2D eigenvalue weighted by Gasteiger charge is -2.05. The second-order valence-electron chi connectivity index (χ2n) is 3.37. The average molecular weight is 248 g/mol. The Labute approximate surface area is 102 Å². The lowest BCUT2D eigenvalue weighted by atomic mass is 10.3. The molecule has 1 aliphatic rings. The first-order valence-electron chi connectivity index (χ1n) is 4.90. The topological polar surface area (TPSA) is 72.1 Å². The number of ether oxygens (including phenoxy) is 2. The van der Waals surface area contributed by atoms with Gasteiger partial charge < -0.3 is 14.8 Å². The standard InChI is InChI=1S/C10H8N4O2S/c17-10-13-9(4-11-14-10)12-6-1-2-7-8(3-6)16-5-15-7/h1-4H,5H2,(H2,12,13,14,17). The summed E-state index contributed by atoms with van der Waals surface area (Å²) in [6.45, 7) is 0.259. The largest absolute Gasteiger partial charge is 0.454 e. The molecule has 0 fully saturated rings. The first-order chi connectivity index (χ1) is 8.31. The Morgan fingerprint density at radius 2 is 2.18 bits per heavy atom. The summed E-state index contributed by atoms with van der Waals surface area (Å²) in [5, 5.41) is 9.49. The number of aromatic amines is 1. The molecule has 0 saturated carbocycles. The number of fused-ring (bicyclic) bond motifs is 1. The highest BCUT2D eigenvalue weighted by atomic mass is 32.1. The van der Waals surface area contributed by atoms with Crippen LogP contribution >= 0.6 is 12.2 Å². The first-order valence-corrected chi connectivity index (χ1v) is 5.30. The number of benzene rings is 1. The lowest BCUT2D eigenvalue weighted by Crippen LogP contribution is -1.96. The van der Waals surface area contributed by atoms with Crippen LogP contribution in [0.15, 0.2) is 24.4 Å². The van der Waals surface area contributed by atoms with Crippen molar-refractivity contribution in [1.82, 2.24) is 15.2 Å². The van der Waals surface area contributed by atoms with Crippen molar-refractivity contribution in [1.29, 1.82) is 0 Å². The summed E-state index contributed by atoms with van der Waals surface area (Å²) in [6, 6.07) is 5.54. The van der Waals surface area contributed by atoms with Gasteiger partial charge in [0.15, 0.2) is 17.3 Å². The Morgan fingerprint density at radius 1 is 1.29 bits per heavy atom. The minimum absolute atomic E-state index is 0.259. The van der Waals surface area contributed by atoms with E-state index in [-0.39, 0.29) is 6.79 Å². The summed E-state index contributed by atoms with van der Waals surface area (Å²) in [5.41, 5.74) is 0.837. The molecular weight excluding hydrogens is 240 g/mol. The molecule has 1 aliphatic heterocycles. The molecule has 0 bridgehead atoms. The summed E-state index contributed by atoms with van der Waals surface area (Å²) < 4.78 is 10.8. The fraction of sp³-hybridized carbons (Fsp3) is 0.100. The number of rotatable bonds is 2. The summed E-state index contributed by atoms with van der Waals surface area (Å²) >= 11 is 4.88. The fourth-order valence-electron chi connectivity index (χ4n) is 1.49. The van der Waals surface area contributed by atoms with Crippen LogP contribution in [0, 0.1) is 4.77 Å². The van der Waals surface area contributed by atoms with E-state index >= 15 is 0 Å². The number of hydrogen-bond acceptors (Lipinski definition) is 6. The molecule has 1 aromatic carbocycles. The molecule has 86 valence electrons. The third-order valence-corrected chi connectivity index (χ3v) is 2.40. The molecule has 1 aromatic heterocycles. The number of H-pyrrole nitrogens is 1. The molecule has 0 atom stereocenters. The molecule has 2 heterocycles. The highest BCUT2D eigenvalue weighted by molar-refractivity contribution is 7.71. The summed E-state index contributed by atoms with van der Waals surface area (Å²) in [4.78, 5) is 4.08. The Balaban J connectivity index is 1.88. The second-order valence-corrected chi connectivity index (χ2v) is 3.75. The Hall–Kier alpha value is -2.15. The van der Waals surface area contributed by atoms with Crippen LogP contribution in [0.3, 0.4) is 0 Å². The summed E-state index contributed by atoms with van der Waals surface area (Å²) in [6.07, 6.45) is 1.56. The van der Waals surface area contributed by atoms with E-state index in [9.17, 15) is 0 Å². The van der Waals surface area contributed by atoms with Gasteiger partial charge in [-0.3, -0.25) is 5.10 Å².